The molecule has 128 valence electrons. The van der Waals surface area contributed by atoms with Crippen LogP contribution >= 0.6 is 0 Å². The molecule has 6 heteroatoms. The molecule has 0 aromatic heterocycles. The lowest BCUT2D eigenvalue weighted by Crippen LogP contribution is -2.35. The second kappa shape index (κ2) is 9.02. The summed E-state index contributed by atoms with van der Waals surface area (Å²) < 4.78 is 10.5. The third-order valence-electron chi connectivity index (χ3n) is 3.33. The normalized spacial score (nSPS) is 10.3. The van der Waals surface area contributed by atoms with E-state index in [9.17, 15) is 9.59 Å². The Labute approximate surface area is 137 Å². The quantitative estimate of drug-likeness (QED) is 0.797. The van der Waals surface area contributed by atoms with E-state index in [-0.39, 0.29) is 24.8 Å². The van der Waals surface area contributed by atoms with Crippen LogP contribution in [0.2, 0.25) is 0 Å². The fourth-order valence-electron chi connectivity index (χ4n) is 2.07. The zero-order valence-electron chi connectivity index (χ0n) is 14.5. The average Bonchev–Trinajstić information content (AvgIpc) is 2.52. The van der Waals surface area contributed by atoms with Crippen molar-refractivity contribution in [3.63, 3.8) is 0 Å². The molecule has 0 bridgehead atoms. The molecule has 0 radical (unpaired) electrons. The predicted octanol–water partition coefficient (Wildman–Crippen LogP) is 2.22. The third-order valence-corrected chi connectivity index (χ3v) is 3.33. The average molecular weight is 322 g/mol. The Kier molecular flexibility index (Phi) is 7.38. The van der Waals surface area contributed by atoms with Crippen molar-refractivity contribution in [2.45, 2.75) is 27.2 Å². The molecule has 0 heterocycles. The van der Waals surface area contributed by atoms with Crippen LogP contribution in [0.4, 0.5) is 5.69 Å². The van der Waals surface area contributed by atoms with Crippen LogP contribution in [0.25, 0.3) is 0 Å². The van der Waals surface area contributed by atoms with Crippen LogP contribution in [0.5, 0.6) is 11.5 Å². The first-order chi connectivity index (χ1) is 10.9. The molecular formula is C17H26N2O4. The molecule has 2 amide bonds. The number of carbonyl (C=O) groups is 2. The number of hydrogen-bond acceptors (Lipinski definition) is 4. The number of nitrogens with zero attached hydrogens (tertiary/aromatic N) is 1. The number of hydrogen-bond donors (Lipinski definition) is 1. The van der Waals surface area contributed by atoms with Crippen LogP contribution < -0.4 is 19.7 Å². The SMILES string of the molecule is COc1ccc(OC)c(N(CCC(=O)NCC(C)C)C(C)=O)c1. The Morgan fingerprint density at radius 2 is 1.91 bits per heavy atom. The van der Waals surface area contributed by atoms with Crippen molar-refractivity contribution in [3.05, 3.63) is 18.2 Å². The Balaban J connectivity index is 2.86. The van der Waals surface area contributed by atoms with Crippen molar-refractivity contribution in [1.29, 1.82) is 0 Å². The lowest BCUT2D eigenvalue weighted by atomic mass is 10.2. The minimum atomic E-state index is -0.159. The Hall–Kier alpha value is -2.24. The van der Waals surface area contributed by atoms with Crippen LogP contribution in [0.3, 0.4) is 0 Å². The highest BCUT2D eigenvalue weighted by molar-refractivity contribution is 5.94. The number of anilines is 1. The van der Waals surface area contributed by atoms with Gasteiger partial charge in [0, 0.05) is 32.5 Å². The number of nitrogens with one attached hydrogen (secondary N) is 1. The number of ether oxygens (including phenoxy) is 2. The van der Waals surface area contributed by atoms with Crippen LogP contribution in [0, 0.1) is 5.92 Å². The highest BCUT2D eigenvalue weighted by Crippen LogP contribution is 2.32. The summed E-state index contributed by atoms with van der Waals surface area (Å²) in [5.41, 5.74) is 0.594. The van der Waals surface area contributed by atoms with Gasteiger partial charge in [0.2, 0.25) is 11.8 Å². The molecule has 0 spiro atoms. The maximum Gasteiger partial charge on any atom is 0.223 e. The molecule has 0 aliphatic rings. The summed E-state index contributed by atoms with van der Waals surface area (Å²) in [6.07, 6.45) is 0.229. The maximum absolute atomic E-state index is 12.0. The van der Waals surface area contributed by atoms with E-state index in [1.807, 2.05) is 13.8 Å². The first-order valence-corrected chi connectivity index (χ1v) is 7.65. The second-order valence-electron chi connectivity index (χ2n) is 5.66. The van der Waals surface area contributed by atoms with E-state index in [4.69, 9.17) is 9.47 Å². The van der Waals surface area contributed by atoms with Gasteiger partial charge in [-0.1, -0.05) is 13.8 Å². The van der Waals surface area contributed by atoms with Crippen molar-refractivity contribution in [1.82, 2.24) is 5.32 Å². The summed E-state index contributed by atoms with van der Waals surface area (Å²) in [4.78, 5) is 25.4. The smallest absolute Gasteiger partial charge is 0.223 e. The fraction of sp³-hybridized carbons (Fsp3) is 0.529. The zero-order chi connectivity index (χ0) is 17.4. The van der Waals surface area contributed by atoms with E-state index >= 15 is 0 Å². The van der Waals surface area contributed by atoms with Gasteiger partial charge in [-0.05, 0) is 18.1 Å². The third kappa shape index (κ3) is 5.81. The molecule has 1 N–H and O–H groups in total. The van der Waals surface area contributed by atoms with E-state index in [1.165, 1.54) is 11.8 Å². The highest BCUT2D eigenvalue weighted by Gasteiger charge is 2.18. The minimum absolute atomic E-state index is 0.0770. The lowest BCUT2D eigenvalue weighted by Gasteiger charge is -2.23. The van der Waals surface area contributed by atoms with Gasteiger partial charge in [0.25, 0.3) is 0 Å². The summed E-state index contributed by atoms with van der Waals surface area (Å²) in [7, 11) is 3.10. The molecule has 6 nitrogen and oxygen atoms in total. The van der Waals surface area contributed by atoms with Gasteiger partial charge in [-0.3, -0.25) is 9.59 Å². The molecule has 0 saturated carbocycles. The summed E-state index contributed by atoms with van der Waals surface area (Å²) in [5, 5.41) is 2.85. The van der Waals surface area contributed by atoms with E-state index < -0.39 is 0 Å². The Morgan fingerprint density at radius 1 is 1.22 bits per heavy atom. The van der Waals surface area contributed by atoms with Crippen molar-refractivity contribution >= 4 is 17.5 Å². The summed E-state index contributed by atoms with van der Waals surface area (Å²) >= 11 is 0. The topological polar surface area (TPSA) is 67.9 Å². The van der Waals surface area contributed by atoms with Crippen LogP contribution in [-0.4, -0.2) is 39.1 Å². The van der Waals surface area contributed by atoms with Gasteiger partial charge in [-0.15, -0.1) is 0 Å². The van der Waals surface area contributed by atoms with Gasteiger partial charge in [0.1, 0.15) is 11.5 Å². The van der Waals surface area contributed by atoms with E-state index in [2.05, 4.69) is 5.32 Å². The Bertz CT molecular complexity index is 543. The van der Waals surface area contributed by atoms with Gasteiger partial charge >= 0.3 is 0 Å². The van der Waals surface area contributed by atoms with Crippen LogP contribution in [-0.2, 0) is 9.59 Å². The fourth-order valence-corrected chi connectivity index (χ4v) is 2.07. The molecular weight excluding hydrogens is 296 g/mol. The van der Waals surface area contributed by atoms with E-state index in [0.717, 1.165) is 0 Å². The number of amides is 2. The number of benzene rings is 1. The standard InChI is InChI=1S/C17H26N2O4/c1-12(2)11-18-17(21)8-9-19(13(3)20)15-10-14(22-4)6-7-16(15)23-5/h6-7,10,12H,8-9,11H2,1-5H3,(H,18,21). The Morgan fingerprint density at radius 3 is 2.43 bits per heavy atom. The molecule has 1 aromatic carbocycles. The molecule has 0 unspecified atom stereocenters. The first-order valence-electron chi connectivity index (χ1n) is 7.65. The molecule has 0 aliphatic carbocycles. The molecule has 0 aliphatic heterocycles. The molecule has 23 heavy (non-hydrogen) atoms. The minimum Gasteiger partial charge on any atom is -0.497 e. The van der Waals surface area contributed by atoms with E-state index in [0.29, 0.717) is 29.6 Å². The number of carbonyl (C=O) groups excluding carboxylic acids is 2. The summed E-state index contributed by atoms with van der Waals surface area (Å²) in [5.74, 6) is 1.33. The van der Waals surface area contributed by atoms with Gasteiger partial charge in [0.05, 0.1) is 19.9 Å². The van der Waals surface area contributed by atoms with Crippen LogP contribution in [0.15, 0.2) is 18.2 Å². The molecule has 1 aromatic rings. The lowest BCUT2D eigenvalue weighted by molar-refractivity contribution is -0.121. The van der Waals surface area contributed by atoms with Crippen molar-refractivity contribution < 1.29 is 19.1 Å². The molecule has 0 fully saturated rings. The summed E-state index contributed by atoms with van der Waals surface area (Å²) in [6, 6.07) is 5.23. The van der Waals surface area contributed by atoms with E-state index in [1.54, 1.807) is 32.4 Å². The van der Waals surface area contributed by atoms with Gasteiger partial charge in [-0.25, -0.2) is 0 Å². The highest BCUT2D eigenvalue weighted by atomic mass is 16.5. The molecule has 0 saturated heterocycles. The van der Waals surface area contributed by atoms with Gasteiger partial charge in [-0.2, -0.15) is 0 Å². The van der Waals surface area contributed by atoms with Crippen LogP contribution in [0.1, 0.15) is 27.2 Å². The molecule has 1 rings (SSSR count). The predicted molar refractivity (Wildman–Crippen MR) is 90.0 cm³/mol. The second-order valence-corrected chi connectivity index (χ2v) is 5.66. The first kappa shape index (κ1) is 18.8. The van der Waals surface area contributed by atoms with Gasteiger partial charge < -0.3 is 19.7 Å². The van der Waals surface area contributed by atoms with Crippen molar-refractivity contribution in [2.75, 3.05) is 32.2 Å². The van der Waals surface area contributed by atoms with Crippen molar-refractivity contribution in [3.8, 4) is 11.5 Å². The number of rotatable bonds is 8. The summed E-state index contributed by atoms with van der Waals surface area (Å²) in [6.45, 7) is 6.43. The molecule has 0 atom stereocenters. The monoisotopic (exact) mass is 322 g/mol. The zero-order valence-corrected chi connectivity index (χ0v) is 14.5. The number of methoxy groups -OCH3 is 2. The van der Waals surface area contributed by atoms with Gasteiger partial charge in [0.15, 0.2) is 0 Å². The van der Waals surface area contributed by atoms with Crippen molar-refractivity contribution in [2.24, 2.45) is 5.92 Å². The largest absolute Gasteiger partial charge is 0.497 e. The maximum atomic E-state index is 12.0.